The summed E-state index contributed by atoms with van der Waals surface area (Å²) < 4.78 is 5.07. The summed E-state index contributed by atoms with van der Waals surface area (Å²) in [5.74, 6) is 0. The van der Waals surface area contributed by atoms with Gasteiger partial charge in [-0.1, -0.05) is 0 Å². The zero-order valence-corrected chi connectivity index (χ0v) is 6.31. The van der Waals surface area contributed by atoms with Gasteiger partial charge in [0.2, 0.25) is 0 Å². The van der Waals surface area contributed by atoms with E-state index in [4.69, 9.17) is 14.9 Å². The van der Waals surface area contributed by atoms with Gasteiger partial charge < -0.3 is 20.1 Å². The lowest BCUT2D eigenvalue weighted by Gasteiger charge is -2.16. The standard InChI is InChI=1S/C7H14O4/c8-3-4-11-6-2-1-5(9)7(6)10/h5-10H,1-4H2/t5-,6?,7-/m0/s1. The Morgan fingerprint density at radius 2 is 2.00 bits per heavy atom. The molecule has 66 valence electrons. The number of hydrogen-bond acceptors (Lipinski definition) is 4. The molecule has 0 bridgehead atoms. The lowest BCUT2D eigenvalue weighted by atomic mass is 10.2. The van der Waals surface area contributed by atoms with Crippen LogP contribution in [0, 0.1) is 0 Å². The first-order valence-corrected chi connectivity index (χ1v) is 3.84. The second kappa shape index (κ2) is 4.01. The van der Waals surface area contributed by atoms with Crippen LogP contribution in [0.5, 0.6) is 0 Å². The molecule has 0 heterocycles. The van der Waals surface area contributed by atoms with Gasteiger partial charge in [0.1, 0.15) is 6.10 Å². The SMILES string of the molecule is OCCOC1CC[C@H](O)[C@@H]1O. The molecule has 4 heteroatoms. The number of aliphatic hydroxyl groups is 3. The second-order valence-electron chi connectivity index (χ2n) is 2.77. The molecule has 1 aliphatic carbocycles. The highest BCUT2D eigenvalue weighted by Gasteiger charge is 2.33. The maximum Gasteiger partial charge on any atom is 0.106 e. The monoisotopic (exact) mass is 162 g/mol. The third-order valence-electron chi connectivity index (χ3n) is 1.95. The van der Waals surface area contributed by atoms with E-state index in [0.29, 0.717) is 12.8 Å². The minimum atomic E-state index is -0.776. The van der Waals surface area contributed by atoms with Crippen LogP contribution in [0.1, 0.15) is 12.8 Å². The molecular weight excluding hydrogens is 148 g/mol. The summed E-state index contributed by atoms with van der Waals surface area (Å²) in [6, 6.07) is 0. The van der Waals surface area contributed by atoms with E-state index in [-0.39, 0.29) is 19.3 Å². The van der Waals surface area contributed by atoms with E-state index in [1.807, 2.05) is 0 Å². The smallest absolute Gasteiger partial charge is 0.106 e. The van der Waals surface area contributed by atoms with Crippen LogP contribution in [-0.2, 0) is 4.74 Å². The van der Waals surface area contributed by atoms with Crippen molar-refractivity contribution in [1.82, 2.24) is 0 Å². The van der Waals surface area contributed by atoms with Crippen LogP contribution in [-0.4, -0.2) is 46.8 Å². The molecule has 0 aromatic heterocycles. The van der Waals surface area contributed by atoms with Gasteiger partial charge in [-0.2, -0.15) is 0 Å². The quantitative estimate of drug-likeness (QED) is 0.491. The Balaban J connectivity index is 2.24. The van der Waals surface area contributed by atoms with Crippen molar-refractivity contribution in [3.05, 3.63) is 0 Å². The van der Waals surface area contributed by atoms with E-state index in [2.05, 4.69) is 0 Å². The first kappa shape index (κ1) is 8.93. The summed E-state index contributed by atoms with van der Waals surface area (Å²) in [6.45, 7) is 0.188. The largest absolute Gasteiger partial charge is 0.394 e. The van der Waals surface area contributed by atoms with Crippen LogP contribution < -0.4 is 0 Å². The van der Waals surface area contributed by atoms with Gasteiger partial charge >= 0.3 is 0 Å². The number of hydrogen-bond donors (Lipinski definition) is 3. The molecule has 3 N–H and O–H groups in total. The molecule has 1 unspecified atom stereocenters. The predicted octanol–water partition coefficient (Wildman–Crippen LogP) is -1.12. The fourth-order valence-electron chi connectivity index (χ4n) is 1.31. The Morgan fingerprint density at radius 1 is 1.27 bits per heavy atom. The van der Waals surface area contributed by atoms with Crippen molar-refractivity contribution in [2.45, 2.75) is 31.2 Å². The number of aliphatic hydroxyl groups excluding tert-OH is 3. The molecule has 0 saturated heterocycles. The lowest BCUT2D eigenvalue weighted by molar-refractivity contribution is -0.0608. The van der Waals surface area contributed by atoms with Crippen molar-refractivity contribution < 1.29 is 20.1 Å². The van der Waals surface area contributed by atoms with Crippen LogP contribution in [0.2, 0.25) is 0 Å². The molecule has 0 radical (unpaired) electrons. The van der Waals surface area contributed by atoms with Crippen LogP contribution >= 0.6 is 0 Å². The van der Waals surface area contributed by atoms with Crippen molar-refractivity contribution in [1.29, 1.82) is 0 Å². The van der Waals surface area contributed by atoms with Gasteiger partial charge in [0.05, 0.1) is 25.4 Å². The van der Waals surface area contributed by atoms with Crippen LogP contribution in [0.3, 0.4) is 0 Å². The number of ether oxygens (including phenoxy) is 1. The molecule has 3 atom stereocenters. The van der Waals surface area contributed by atoms with Crippen molar-refractivity contribution in [3.63, 3.8) is 0 Å². The summed E-state index contributed by atoms with van der Waals surface area (Å²) in [7, 11) is 0. The molecule has 1 fully saturated rings. The normalized spacial score (nSPS) is 37.9. The molecule has 11 heavy (non-hydrogen) atoms. The average Bonchev–Trinajstić information content (AvgIpc) is 2.31. The highest BCUT2D eigenvalue weighted by molar-refractivity contribution is 4.84. The first-order chi connectivity index (χ1) is 5.25. The third kappa shape index (κ3) is 2.13. The Morgan fingerprint density at radius 3 is 2.45 bits per heavy atom. The van der Waals surface area contributed by atoms with Gasteiger partial charge in [0, 0.05) is 0 Å². The number of rotatable bonds is 3. The van der Waals surface area contributed by atoms with Crippen molar-refractivity contribution in [2.75, 3.05) is 13.2 Å². The Kier molecular flexibility index (Phi) is 3.26. The zero-order chi connectivity index (χ0) is 8.27. The summed E-state index contributed by atoms with van der Waals surface area (Å²) >= 11 is 0. The van der Waals surface area contributed by atoms with E-state index >= 15 is 0 Å². The summed E-state index contributed by atoms with van der Waals surface area (Å²) in [5, 5.41) is 26.7. The summed E-state index contributed by atoms with van der Waals surface area (Å²) in [6.07, 6.45) is -0.475. The molecular formula is C7H14O4. The van der Waals surface area contributed by atoms with Crippen LogP contribution in [0.25, 0.3) is 0 Å². The van der Waals surface area contributed by atoms with E-state index < -0.39 is 12.2 Å². The van der Waals surface area contributed by atoms with Crippen molar-refractivity contribution in [2.24, 2.45) is 0 Å². The van der Waals surface area contributed by atoms with Crippen molar-refractivity contribution in [3.8, 4) is 0 Å². The van der Waals surface area contributed by atoms with Gasteiger partial charge in [0.15, 0.2) is 0 Å². The predicted molar refractivity (Wildman–Crippen MR) is 38.1 cm³/mol. The lowest BCUT2D eigenvalue weighted by Crippen LogP contribution is -2.31. The van der Waals surface area contributed by atoms with Gasteiger partial charge in [0.25, 0.3) is 0 Å². The third-order valence-corrected chi connectivity index (χ3v) is 1.95. The van der Waals surface area contributed by atoms with E-state index in [1.54, 1.807) is 0 Å². The topological polar surface area (TPSA) is 69.9 Å². The fourth-order valence-corrected chi connectivity index (χ4v) is 1.31. The highest BCUT2D eigenvalue weighted by atomic mass is 16.5. The fraction of sp³-hybridized carbons (Fsp3) is 1.00. The minimum Gasteiger partial charge on any atom is -0.394 e. The average molecular weight is 162 g/mol. The van der Waals surface area contributed by atoms with Gasteiger partial charge in [-0.15, -0.1) is 0 Å². The zero-order valence-electron chi connectivity index (χ0n) is 6.31. The maximum atomic E-state index is 9.23. The van der Waals surface area contributed by atoms with E-state index in [9.17, 15) is 5.11 Å². The van der Waals surface area contributed by atoms with Crippen LogP contribution in [0.4, 0.5) is 0 Å². The van der Waals surface area contributed by atoms with Gasteiger partial charge in [-0.25, -0.2) is 0 Å². The maximum absolute atomic E-state index is 9.23. The van der Waals surface area contributed by atoms with Crippen molar-refractivity contribution >= 4 is 0 Å². The molecule has 0 spiro atoms. The highest BCUT2D eigenvalue weighted by Crippen LogP contribution is 2.22. The van der Waals surface area contributed by atoms with Gasteiger partial charge in [-0.3, -0.25) is 0 Å². The molecule has 0 aromatic carbocycles. The molecule has 0 amide bonds. The molecule has 0 aromatic rings. The Labute approximate surface area is 65.4 Å². The second-order valence-corrected chi connectivity index (χ2v) is 2.77. The Bertz CT molecular complexity index is 117. The molecule has 1 saturated carbocycles. The minimum absolute atomic E-state index is 0.0423. The van der Waals surface area contributed by atoms with Crippen LogP contribution in [0.15, 0.2) is 0 Å². The molecule has 1 aliphatic rings. The summed E-state index contributed by atoms with van der Waals surface area (Å²) in [5.41, 5.74) is 0. The molecule has 1 rings (SSSR count). The van der Waals surface area contributed by atoms with E-state index in [0.717, 1.165) is 0 Å². The first-order valence-electron chi connectivity index (χ1n) is 3.84. The Hall–Kier alpha value is -0.160. The van der Waals surface area contributed by atoms with E-state index in [1.165, 1.54) is 0 Å². The molecule has 4 nitrogen and oxygen atoms in total. The molecule has 0 aliphatic heterocycles. The van der Waals surface area contributed by atoms with Gasteiger partial charge in [-0.05, 0) is 12.8 Å². The summed E-state index contributed by atoms with van der Waals surface area (Å²) in [4.78, 5) is 0.